The summed E-state index contributed by atoms with van der Waals surface area (Å²) in [7, 11) is 9.66. The lowest BCUT2D eigenvalue weighted by Gasteiger charge is -2.18. The predicted molar refractivity (Wildman–Crippen MR) is 191 cm³/mol. The molecule has 1 N–H and O–H groups in total. The third kappa shape index (κ3) is 9.24. The molecule has 1 fully saturated rings. The maximum absolute atomic E-state index is 5.54. The summed E-state index contributed by atoms with van der Waals surface area (Å²) in [6.45, 7) is 3.58. The lowest BCUT2D eigenvalue weighted by molar-refractivity contribution is 0.320. The Morgan fingerprint density at radius 2 is 1.09 bits per heavy atom. The first-order valence-corrected chi connectivity index (χ1v) is 14.5. The molecular weight excluding hydrogens is 667 g/mol. The maximum atomic E-state index is 5.54. The van der Waals surface area contributed by atoms with Gasteiger partial charge in [0.15, 0.2) is 23.0 Å². The average Bonchev–Trinajstić information content (AvgIpc) is 3.52. The molecular formula is C34H43Cl3N4O6. The second-order valence-corrected chi connectivity index (χ2v) is 10.5. The number of nitrogens with one attached hydrogen (secondary N) is 1. The van der Waals surface area contributed by atoms with Crippen LogP contribution >= 0.6 is 37.2 Å². The van der Waals surface area contributed by atoms with E-state index in [4.69, 9.17) is 28.4 Å². The lowest BCUT2D eigenvalue weighted by Crippen LogP contribution is -2.32. The van der Waals surface area contributed by atoms with E-state index in [0.29, 0.717) is 40.5 Å². The predicted octanol–water partition coefficient (Wildman–Crippen LogP) is 6.49. The molecule has 1 aliphatic heterocycles. The van der Waals surface area contributed by atoms with E-state index >= 15 is 0 Å². The minimum Gasteiger partial charge on any atom is -0.493 e. The van der Waals surface area contributed by atoms with Crippen molar-refractivity contribution >= 4 is 37.2 Å². The van der Waals surface area contributed by atoms with Crippen LogP contribution in [0.4, 0.5) is 0 Å². The minimum atomic E-state index is 0. The zero-order valence-corrected chi connectivity index (χ0v) is 29.9. The summed E-state index contributed by atoms with van der Waals surface area (Å²) < 4.78 is 33.1. The van der Waals surface area contributed by atoms with Crippen LogP contribution in [0.5, 0.6) is 34.5 Å². The first-order valence-electron chi connectivity index (χ1n) is 14.5. The third-order valence-electron chi connectivity index (χ3n) is 7.84. The van der Waals surface area contributed by atoms with Gasteiger partial charge in [0, 0.05) is 55.7 Å². The van der Waals surface area contributed by atoms with Gasteiger partial charge in [0.25, 0.3) is 0 Å². The molecule has 0 radical (unpaired) electrons. The quantitative estimate of drug-likeness (QED) is 0.166. The molecule has 0 bridgehead atoms. The first-order chi connectivity index (χ1) is 21.5. The SMILES string of the molecule is COc1cc(-c2cc(CN[C@H]3CCN(Cc4ccnc(-c5cc(OC)c(OC)c(OC)c5)c4)C3)ccn2)cc(OC)c1OC.Cl.Cl.Cl. The van der Waals surface area contributed by atoms with Crippen molar-refractivity contribution in [1.82, 2.24) is 20.2 Å². The zero-order valence-electron chi connectivity index (χ0n) is 27.4. The molecule has 0 saturated carbocycles. The van der Waals surface area contributed by atoms with Crippen LogP contribution in [0.3, 0.4) is 0 Å². The molecule has 47 heavy (non-hydrogen) atoms. The number of rotatable bonds is 13. The second kappa shape index (κ2) is 18.6. The maximum Gasteiger partial charge on any atom is 0.203 e. The van der Waals surface area contributed by atoms with Gasteiger partial charge in [-0.1, -0.05) is 0 Å². The Morgan fingerprint density at radius 1 is 0.638 bits per heavy atom. The fourth-order valence-corrected chi connectivity index (χ4v) is 5.59. The molecule has 0 unspecified atom stereocenters. The fraction of sp³-hybridized carbons (Fsp3) is 0.353. The summed E-state index contributed by atoms with van der Waals surface area (Å²) in [6, 6.07) is 16.4. The smallest absolute Gasteiger partial charge is 0.203 e. The molecule has 2 aromatic heterocycles. The molecule has 10 nitrogen and oxygen atoms in total. The van der Waals surface area contributed by atoms with E-state index in [2.05, 4.69) is 38.4 Å². The summed E-state index contributed by atoms with van der Waals surface area (Å²) in [5, 5.41) is 3.74. The number of nitrogens with zero attached hydrogens (tertiary/aromatic N) is 3. The molecule has 256 valence electrons. The summed E-state index contributed by atoms with van der Waals surface area (Å²) in [4.78, 5) is 11.7. The van der Waals surface area contributed by atoms with E-state index in [1.54, 1.807) is 42.7 Å². The molecule has 2 aromatic carbocycles. The molecule has 1 aliphatic rings. The van der Waals surface area contributed by atoms with E-state index in [1.165, 1.54) is 5.56 Å². The van der Waals surface area contributed by atoms with Crippen LogP contribution in [0.2, 0.25) is 0 Å². The molecule has 1 atom stereocenters. The van der Waals surface area contributed by atoms with Crippen LogP contribution < -0.4 is 33.7 Å². The summed E-state index contributed by atoms with van der Waals surface area (Å²) in [6.07, 6.45) is 4.77. The molecule has 0 spiro atoms. The van der Waals surface area contributed by atoms with Crippen molar-refractivity contribution in [3.8, 4) is 57.0 Å². The number of hydrogen-bond acceptors (Lipinski definition) is 10. The van der Waals surface area contributed by atoms with Gasteiger partial charge in [-0.3, -0.25) is 14.9 Å². The molecule has 5 rings (SSSR count). The fourth-order valence-electron chi connectivity index (χ4n) is 5.59. The van der Waals surface area contributed by atoms with Gasteiger partial charge in [-0.05, 0) is 66.1 Å². The van der Waals surface area contributed by atoms with Crippen molar-refractivity contribution in [1.29, 1.82) is 0 Å². The number of ether oxygens (including phenoxy) is 6. The zero-order chi connectivity index (χ0) is 31.1. The van der Waals surface area contributed by atoms with Gasteiger partial charge in [0.2, 0.25) is 11.5 Å². The number of likely N-dealkylation sites (tertiary alicyclic amines) is 1. The molecule has 3 heterocycles. The number of pyridine rings is 2. The Morgan fingerprint density at radius 3 is 1.53 bits per heavy atom. The van der Waals surface area contributed by atoms with E-state index in [-0.39, 0.29) is 37.2 Å². The Balaban J connectivity index is 0.00000256. The van der Waals surface area contributed by atoms with E-state index in [1.807, 2.05) is 42.7 Å². The number of hydrogen-bond donors (Lipinski definition) is 1. The summed E-state index contributed by atoms with van der Waals surface area (Å²) in [5.41, 5.74) is 5.87. The molecule has 0 amide bonds. The first kappa shape index (κ1) is 39.5. The van der Waals surface area contributed by atoms with E-state index < -0.39 is 0 Å². The van der Waals surface area contributed by atoms with Crippen LogP contribution in [0.1, 0.15) is 17.5 Å². The van der Waals surface area contributed by atoms with Gasteiger partial charge in [-0.15, -0.1) is 37.2 Å². The monoisotopic (exact) mass is 708 g/mol. The van der Waals surface area contributed by atoms with Gasteiger partial charge in [0.1, 0.15) is 0 Å². The van der Waals surface area contributed by atoms with Crippen molar-refractivity contribution in [2.45, 2.75) is 25.6 Å². The summed E-state index contributed by atoms with van der Waals surface area (Å²) in [5.74, 6) is 3.53. The standard InChI is InChI=1S/C34H40N4O6.3ClH/c1-39-29-15-24(16-30(40-2)33(29)43-5)27-13-22(7-10-35-27)19-37-26-9-12-38(21-26)20-23-8-11-36-28(14-23)25-17-31(41-3)34(44-6)32(18-25)42-4;;;/h7-8,10-11,13-18,26,37H,9,12,19-21H2,1-6H3;3*1H/t26-;;;/m0.../s1. The number of aromatic nitrogens is 2. The van der Waals surface area contributed by atoms with Crippen LogP contribution in [-0.4, -0.2) is 76.7 Å². The highest BCUT2D eigenvalue weighted by atomic mass is 35.5. The Bertz CT molecular complexity index is 1550. The van der Waals surface area contributed by atoms with Crippen molar-refractivity contribution in [2.24, 2.45) is 0 Å². The van der Waals surface area contributed by atoms with Gasteiger partial charge in [-0.25, -0.2) is 0 Å². The van der Waals surface area contributed by atoms with Crippen LogP contribution in [0, 0.1) is 0 Å². The Labute approximate surface area is 295 Å². The normalized spacial score (nSPS) is 13.8. The number of benzene rings is 2. The molecule has 13 heteroatoms. The third-order valence-corrected chi connectivity index (χ3v) is 7.84. The van der Waals surface area contributed by atoms with E-state index in [0.717, 1.165) is 60.7 Å². The van der Waals surface area contributed by atoms with Crippen molar-refractivity contribution < 1.29 is 28.4 Å². The van der Waals surface area contributed by atoms with Crippen molar-refractivity contribution in [3.63, 3.8) is 0 Å². The topological polar surface area (TPSA) is 96.4 Å². The Hall–Kier alpha value is -3.67. The summed E-state index contributed by atoms with van der Waals surface area (Å²) >= 11 is 0. The average molecular weight is 710 g/mol. The largest absolute Gasteiger partial charge is 0.493 e. The van der Waals surface area contributed by atoms with Gasteiger partial charge >= 0.3 is 0 Å². The number of methoxy groups -OCH3 is 6. The van der Waals surface area contributed by atoms with Gasteiger partial charge < -0.3 is 33.7 Å². The minimum absolute atomic E-state index is 0. The highest BCUT2D eigenvalue weighted by Gasteiger charge is 2.23. The second-order valence-electron chi connectivity index (χ2n) is 10.5. The lowest BCUT2D eigenvalue weighted by atomic mass is 10.1. The van der Waals surface area contributed by atoms with E-state index in [9.17, 15) is 0 Å². The van der Waals surface area contributed by atoms with Crippen molar-refractivity contribution in [2.75, 3.05) is 55.7 Å². The molecule has 0 aliphatic carbocycles. The Kier molecular flexibility index (Phi) is 15.6. The highest BCUT2D eigenvalue weighted by molar-refractivity contribution is 5.86. The number of halogens is 3. The van der Waals surface area contributed by atoms with Crippen LogP contribution in [0.15, 0.2) is 60.9 Å². The molecule has 4 aromatic rings. The van der Waals surface area contributed by atoms with Gasteiger partial charge in [0.05, 0.1) is 54.0 Å². The van der Waals surface area contributed by atoms with Crippen LogP contribution in [-0.2, 0) is 13.1 Å². The molecule has 1 saturated heterocycles. The van der Waals surface area contributed by atoms with Crippen molar-refractivity contribution in [3.05, 3.63) is 72.1 Å². The highest BCUT2D eigenvalue weighted by Crippen LogP contribution is 2.42. The van der Waals surface area contributed by atoms with Crippen LogP contribution in [0.25, 0.3) is 22.5 Å². The van der Waals surface area contributed by atoms with Gasteiger partial charge in [-0.2, -0.15) is 0 Å².